The molecule has 0 aromatic heterocycles. The van der Waals surface area contributed by atoms with Crippen LogP contribution in [0.2, 0.25) is 10.0 Å². The highest BCUT2D eigenvalue weighted by atomic mass is 35.5. The molecule has 0 amide bonds. The molecule has 1 N–H and O–H groups in total. The Kier molecular flexibility index (Phi) is 6.98. The van der Waals surface area contributed by atoms with Gasteiger partial charge in [-0.25, -0.2) is 8.42 Å². The van der Waals surface area contributed by atoms with Crippen molar-refractivity contribution in [2.24, 2.45) is 0 Å². The first-order chi connectivity index (χ1) is 9.84. The smallest absolute Gasteiger partial charge is 0.245 e. The molecule has 0 aliphatic carbocycles. The second-order valence-electron chi connectivity index (χ2n) is 4.52. The average Bonchev–Trinajstić information content (AvgIpc) is 2.41. The Morgan fingerprint density at radius 2 is 2.00 bits per heavy atom. The molecule has 0 saturated carbocycles. The standard InChI is InChI=1S/C14H18Cl2N2O2S/c1-4-6-17-10-11-8-14(13(16)9-12(11)15)21(19,20)18(3)7-5-2/h2,8-9,17H,4,6-7,10H2,1,3H3. The first-order valence-corrected chi connectivity index (χ1v) is 8.62. The van der Waals surface area contributed by atoms with Crippen LogP contribution in [-0.2, 0) is 16.6 Å². The lowest BCUT2D eigenvalue weighted by atomic mass is 10.2. The number of hydrogen-bond donors (Lipinski definition) is 1. The van der Waals surface area contributed by atoms with Gasteiger partial charge in [-0.3, -0.25) is 0 Å². The largest absolute Gasteiger partial charge is 0.313 e. The Morgan fingerprint density at radius 3 is 2.57 bits per heavy atom. The van der Waals surface area contributed by atoms with Gasteiger partial charge in [0.05, 0.1) is 11.6 Å². The molecule has 0 spiro atoms. The number of terminal acetylenes is 1. The predicted molar refractivity (Wildman–Crippen MR) is 87.1 cm³/mol. The fourth-order valence-corrected chi connectivity index (χ4v) is 3.60. The maximum absolute atomic E-state index is 12.4. The third-order valence-corrected chi connectivity index (χ3v) is 5.47. The summed E-state index contributed by atoms with van der Waals surface area (Å²) < 4.78 is 25.9. The van der Waals surface area contributed by atoms with Crippen molar-refractivity contribution >= 4 is 33.2 Å². The predicted octanol–water partition coefficient (Wildman–Crippen LogP) is 2.75. The summed E-state index contributed by atoms with van der Waals surface area (Å²) in [7, 11) is -2.32. The van der Waals surface area contributed by atoms with Gasteiger partial charge in [-0.2, -0.15) is 4.31 Å². The van der Waals surface area contributed by atoms with Crippen LogP contribution in [-0.4, -0.2) is 32.9 Å². The van der Waals surface area contributed by atoms with Crippen molar-refractivity contribution in [2.45, 2.75) is 24.8 Å². The van der Waals surface area contributed by atoms with Gasteiger partial charge >= 0.3 is 0 Å². The van der Waals surface area contributed by atoms with Crippen LogP contribution in [0.5, 0.6) is 0 Å². The van der Waals surface area contributed by atoms with E-state index < -0.39 is 10.0 Å². The normalized spacial score (nSPS) is 11.6. The summed E-state index contributed by atoms with van der Waals surface area (Å²) in [5.74, 6) is 2.30. The highest BCUT2D eigenvalue weighted by molar-refractivity contribution is 7.89. The number of nitrogens with one attached hydrogen (secondary N) is 1. The van der Waals surface area contributed by atoms with E-state index in [0.29, 0.717) is 17.1 Å². The quantitative estimate of drug-likeness (QED) is 0.608. The molecule has 0 bridgehead atoms. The number of halogens is 2. The number of sulfonamides is 1. The topological polar surface area (TPSA) is 49.4 Å². The molecule has 116 valence electrons. The molecule has 0 aliphatic heterocycles. The van der Waals surface area contributed by atoms with Crippen molar-refractivity contribution in [3.63, 3.8) is 0 Å². The van der Waals surface area contributed by atoms with Crippen LogP contribution in [0.4, 0.5) is 0 Å². The molecule has 1 aromatic rings. The van der Waals surface area contributed by atoms with Gasteiger partial charge in [0, 0.05) is 18.6 Å². The monoisotopic (exact) mass is 348 g/mol. The summed E-state index contributed by atoms with van der Waals surface area (Å²) in [6.07, 6.45) is 6.13. The van der Waals surface area contributed by atoms with Crippen molar-refractivity contribution in [1.29, 1.82) is 0 Å². The maximum atomic E-state index is 12.4. The van der Waals surface area contributed by atoms with E-state index in [1.54, 1.807) is 0 Å². The van der Waals surface area contributed by atoms with Crippen molar-refractivity contribution < 1.29 is 8.42 Å². The van der Waals surface area contributed by atoms with E-state index in [1.165, 1.54) is 19.2 Å². The summed E-state index contributed by atoms with van der Waals surface area (Å²) in [4.78, 5) is 0.0135. The molecule has 7 heteroatoms. The van der Waals surface area contributed by atoms with E-state index >= 15 is 0 Å². The van der Waals surface area contributed by atoms with Gasteiger partial charge in [0.2, 0.25) is 10.0 Å². The molecule has 0 atom stereocenters. The summed E-state index contributed by atoms with van der Waals surface area (Å²) >= 11 is 12.1. The molecule has 21 heavy (non-hydrogen) atoms. The third kappa shape index (κ3) is 4.60. The van der Waals surface area contributed by atoms with Crippen LogP contribution >= 0.6 is 23.2 Å². The summed E-state index contributed by atoms with van der Waals surface area (Å²) in [5.41, 5.74) is 0.683. The Morgan fingerprint density at radius 1 is 1.33 bits per heavy atom. The van der Waals surface area contributed by atoms with E-state index in [1.807, 2.05) is 6.92 Å². The fourth-order valence-electron chi connectivity index (χ4n) is 1.69. The van der Waals surface area contributed by atoms with Crippen LogP contribution in [0.25, 0.3) is 0 Å². The second-order valence-corrected chi connectivity index (χ2v) is 7.34. The van der Waals surface area contributed by atoms with Gasteiger partial charge in [-0.05, 0) is 30.7 Å². The SMILES string of the molecule is C#CCN(C)S(=O)(=O)c1cc(CNCCC)c(Cl)cc1Cl. The first-order valence-electron chi connectivity index (χ1n) is 6.43. The lowest BCUT2D eigenvalue weighted by Gasteiger charge is -2.17. The Hall–Kier alpha value is -0.770. The van der Waals surface area contributed by atoms with Crippen molar-refractivity contribution in [2.75, 3.05) is 20.1 Å². The highest BCUT2D eigenvalue weighted by Crippen LogP contribution is 2.30. The molecule has 0 unspecified atom stereocenters. The van der Waals surface area contributed by atoms with E-state index in [9.17, 15) is 8.42 Å². The molecule has 1 rings (SSSR count). The lowest BCUT2D eigenvalue weighted by molar-refractivity contribution is 0.503. The molecular formula is C14H18Cl2N2O2S. The van der Waals surface area contributed by atoms with E-state index in [2.05, 4.69) is 11.2 Å². The van der Waals surface area contributed by atoms with Gasteiger partial charge in [0.15, 0.2) is 0 Å². The zero-order valence-corrected chi connectivity index (χ0v) is 14.3. The van der Waals surface area contributed by atoms with E-state index in [0.717, 1.165) is 17.3 Å². The Labute approximate surface area is 136 Å². The van der Waals surface area contributed by atoms with E-state index in [4.69, 9.17) is 29.6 Å². The van der Waals surface area contributed by atoms with Gasteiger partial charge in [-0.1, -0.05) is 36.0 Å². The average molecular weight is 349 g/mol. The van der Waals surface area contributed by atoms with Gasteiger partial charge in [0.1, 0.15) is 4.90 Å². The third-order valence-electron chi connectivity index (χ3n) is 2.85. The molecule has 0 heterocycles. The summed E-state index contributed by atoms with van der Waals surface area (Å²) in [6.45, 7) is 3.31. The van der Waals surface area contributed by atoms with Crippen LogP contribution in [0.3, 0.4) is 0 Å². The zero-order valence-electron chi connectivity index (χ0n) is 12.0. The Balaban J connectivity index is 3.18. The molecule has 0 fully saturated rings. The number of benzene rings is 1. The highest BCUT2D eigenvalue weighted by Gasteiger charge is 2.24. The Bertz CT molecular complexity index is 639. The zero-order chi connectivity index (χ0) is 16.0. The second kappa shape index (κ2) is 8.02. The van der Waals surface area contributed by atoms with Crippen molar-refractivity contribution in [3.8, 4) is 12.3 Å². The molecule has 0 radical (unpaired) electrons. The van der Waals surface area contributed by atoms with Crippen LogP contribution in [0.15, 0.2) is 17.0 Å². The number of rotatable bonds is 7. The molecule has 0 saturated heterocycles. The van der Waals surface area contributed by atoms with Gasteiger partial charge in [0.25, 0.3) is 0 Å². The van der Waals surface area contributed by atoms with Gasteiger partial charge in [-0.15, -0.1) is 6.42 Å². The lowest BCUT2D eigenvalue weighted by Crippen LogP contribution is -2.27. The van der Waals surface area contributed by atoms with Gasteiger partial charge < -0.3 is 5.32 Å². The van der Waals surface area contributed by atoms with Crippen LogP contribution in [0, 0.1) is 12.3 Å². The molecule has 1 aromatic carbocycles. The molecular weight excluding hydrogens is 331 g/mol. The molecule has 4 nitrogen and oxygen atoms in total. The van der Waals surface area contributed by atoms with Crippen molar-refractivity contribution in [3.05, 3.63) is 27.7 Å². The fraction of sp³-hybridized carbons (Fsp3) is 0.429. The summed E-state index contributed by atoms with van der Waals surface area (Å²) in [6, 6.07) is 2.94. The summed E-state index contributed by atoms with van der Waals surface area (Å²) in [5, 5.41) is 3.70. The maximum Gasteiger partial charge on any atom is 0.245 e. The van der Waals surface area contributed by atoms with Crippen LogP contribution < -0.4 is 5.32 Å². The number of hydrogen-bond acceptors (Lipinski definition) is 3. The first kappa shape index (κ1) is 18.3. The minimum absolute atomic E-state index is 0.0135. The van der Waals surface area contributed by atoms with E-state index in [-0.39, 0.29) is 16.5 Å². The number of nitrogens with zero attached hydrogens (tertiary/aromatic N) is 1. The minimum Gasteiger partial charge on any atom is -0.313 e. The molecule has 0 aliphatic rings. The minimum atomic E-state index is -3.73. The van der Waals surface area contributed by atoms with Crippen molar-refractivity contribution in [1.82, 2.24) is 9.62 Å². The van der Waals surface area contributed by atoms with Crippen LogP contribution in [0.1, 0.15) is 18.9 Å².